The van der Waals surface area contributed by atoms with Crippen molar-refractivity contribution < 1.29 is 4.42 Å². The molecular formula is C19H29NO. The van der Waals surface area contributed by atoms with E-state index >= 15 is 0 Å². The van der Waals surface area contributed by atoms with E-state index in [0.29, 0.717) is 12.0 Å². The number of hydrogen-bond donors (Lipinski definition) is 1. The van der Waals surface area contributed by atoms with Crippen LogP contribution in [0.3, 0.4) is 0 Å². The van der Waals surface area contributed by atoms with Crippen LogP contribution >= 0.6 is 0 Å². The van der Waals surface area contributed by atoms with E-state index in [-0.39, 0.29) is 0 Å². The molecule has 116 valence electrons. The highest BCUT2D eigenvalue weighted by Crippen LogP contribution is 2.31. The van der Waals surface area contributed by atoms with Crippen LogP contribution in [0.1, 0.15) is 70.3 Å². The minimum atomic E-state index is 0.475. The van der Waals surface area contributed by atoms with Gasteiger partial charge in [-0.2, -0.15) is 0 Å². The van der Waals surface area contributed by atoms with Crippen LogP contribution in [0.4, 0.5) is 0 Å². The molecule has 2 rings (SSSR count). The summed E-state index contributed by atoms with van der Waals surface area (Å²) in [7, 11) is 0. The first-order valence-corrected chi connectivity index (χ1v) is 8.34. The van der Waals surface area contributed by atoms with E-state index in [9.17, 15) is 0 Å². The van der Waals surface area contributed by atoms with Crippen molar-refractivity contribution in [1.29, 1.82) is 0 Å². The predicted molar refractivity (Wildman–Crippen MR) is 90.9 cm³/mol. The first-order chi connectivity index (χ1) is 10.1. The van der Waals surface area contributed by atoms with E-state index in [1.807, 2.05) is 0 Å². The van der Waals surface area contributed by atoms with Crippen LogP contribution in [0, 0.1) is 0 Å². The van der Waals surface area contributed by atoms with Crippen molar-refractivity contribution in [3.63, 3.8) is 0 Å². The van der Waals surface area contributed by atoms with Gasteiger partial charge in [0.1, 0.15) is 11.3 Å². The Morgan fingerprint density at radius 3 is 2.52 bits per heavy atom. The molecule has 0 fully saturated rings. The molecule has 1 heterocycles. The van der Waals surface area contributed by atoms with Crippen molar-refractivity contribution in [1.82, 2.24) is 5.32 Å². The lowest BCUT2D eigenvalue weighted by Crippen LogP contribution is -2.22. The van der Waals surface area contributed by atoms with Crippen molar-refractivity contribution in [3.05, 3.63) is 35.1 Å². The summed E-state index contributed by atoms with van der Waals surface area (Å²) >= 11 is 0. The zero-order chi connectivity index (χ0) is 15.4. The molecule has 1 unspecified atom stereocenters. The van der Waals surface area contributed by atoms with E-state index < -0.39 is 0 Å². The summed E-state index contributed by atoms with van der Waals surface area (Å²) in [6, 6.07) is 7.18. The van der Waals surface area contributed by atoms with Gasteiger partial charge in [0.15, 0.2) is 0 Å². The minimum Gasteiger partial charge on any atom is -0.459 e. The minimum absolute atomic E-state index is 0.475. The Balaban J connectivity index is 2.42. The fraction of sp³-hybridized carbons (Fsp3) is 0.579. The molecule has 0 saturated carbocycles. The average molecular weight is 287 g/mol. The molecule has 2 heteroatoms. The van der Waals surface area contributed by atoms with E-state index in [4.69, 9.17) is 4.42 Å². The van der Waals surface area contributed by atoms with E-state index in [1.54, 1.807) is 0 Å². The first-order valence-electron chi connectivity index (χ1n) is 8.34. The molecule has 0 aliphatic rings. The number of rotatable bonds is 7. The lowest BCUT2D eigenvalue weighted by Gasteiger charge is -2.09. The summed E-state index contributed by atoms with van der Waals surface area (Å²) < 4.78 is 6.11. The zero-order valence-electron chi connectivity index (χ0n) is 14.1. The lowest BCUT2D eigenvalue weighted by molar-refractivity contribution is 0.483. The number of furan rings is 1. The summed E-state index contributed by atoms with van der Waals surface area (Å²) in [5.74, 6) is 1.72. The average Bonchev–Trinajstić information content (AvgIpc) is 2.82. The predicted octanol–water partition coefficient (Wildman–Crippen LogP) is 5.40. The van der Waals surface area contributed by atoms with Gasteiger partial charge in [-0.05, 0) is 36.5 Å². The maximum atomic E-state index is 6.11. The van der Waals surface area contributed by atoms with Gasteiger partial charge in [-0.3, -0.25) is 0 Å². The third kappa shape index (κ3) is 3.68. The van der Waals surface area contributed by atoms with Crippen molar-refractivity contribution >= 4 is 11.0 Å². The highest BCUT2D eigenvalue weighted by atomic mass is 16.3. The fourth-order valence-electron chi connectivity index (χ4n) is 2.72. The molecule has 1 atom stereocenters. The van der Waals surface area contributed by atoms with E-state index in [2.05, 4.69) is 58.1 Å². The summed E-state index contributed by atoms with van der Waals surface area (Å²) in [5, 5.41) is 4.79. The van der Waals surface area contributed by atoms with Crippen LogP contribution < -0.4 is 5.32 Å². The maximum Gasteiger partial charge on any atom is 0.134 e. The molecule has 0 aliphatic carbocycles. The van der Waals surface area contributed by atoms with E-state index in [0.717, 1.165) is 30.7 Å². The van der Waals surface area contributed by atoms with Gasteiger partial charge in [0.05, 0.1) is 6.54 Å². The zero-order valence-corrected chi connectivity index (χ0v) is 14.1. The first kappa shape index (κ1) is 16.1. The number of hydrogen-bond acceptors (Lipinski definition) is 2. The van der Waals surface area contributed by atoms with Gasteiger partial charge in [-0.1, -0.05) is 47.1 Å². The fourth-order valence-corrected chi connectivity index (χ4v) is 2.72. The van der Waals surface area contributed by atoms with Crippen LogP contribution in [0.5, 0.6) is 0 Å². The standard InChI is InChI=1S/C19H29NO/c1-6-8-16-17-11-15(14(5)7-2)9-10-18(17)21-19(16)12-20-13(3)4/h9-11,13-14,20H,6-8,12H2,1-5H3. The Hall–Kier alpha value is -1.28. The molecule has 2 nitrogen and oxygen atoms in total. The van der Waals surface area contributed by atoms with Gasteiger partial charge in [-0.25, -0.2) is 0 Å². The highest BCUT2D eigenvalue weighted by molar-refractivity contribution is 5.83. The number of aryl methyl sites for hydroxylation is 1. The van der Waals surface area contributed by atoms with Gasteiger partial charge >= 0.3 is 0 Å². The second-order valence-electron chi connectivity index (χ2n) is 6.35. The number of fused-ring (bicyclic) bond motifs is 1. The lowest BCUT2D eigenvalue weighted by atomic mass is 9.95. The molecule has 21 heavy (non-hydrogen) atoms. The quantitative estimate of drug-likeness (QED) is 0.738. The van der Waals surface area contributed by atoms with Crippen molar-refractivity contribution in [2.45, 2.75) is 72.4 Å². The number of benzene rings is 1. The third-order valence-corrected chi connectivity index (χ3v) is 4.25. The van der Waals surface area contributed by atoms with Crippen molar-refractivity contribution in [2.75, 3.05) is 0 Å². The van der Waals surface area contributed by atoms with Crippen LogP contribution in [0.25, 0.3) is 11.0 Å². The Kier molecular flexibility index (Phi) is 5.46. The van der Waals surface area contributed by atoms with Gasteiger partial charge in [0, 0.05) is 17.0 Å². The summed E-state index contributed by atoms with van der Waals surface area (Å²) in [6.45, 7) is 11.9. The molecule has 1 N–H and O–H groups in total. The second-order valence-corrected chi connectivity index (χ2v) is 6.35. The second kappa shape index (κ2) is 7.13. The molecule has 0 amide bonds. The summed E-state index contributed by atoms with van der Waals surface area (Å²) in [4.78, 5) is 0. The van der Waals surface area contributed by atoms with Crippen molar-refractivity contribution in [2.24, 2.45) is 0 Å². The van der Waals surface area contributed by atoms with Gasteiger partial charge in [0.2, 0.25) is 0 Å². The smallest absolute Gasteiger partial charge is 0.134 e. The Morgan fingerprint density at radius 2 is 1.90 bits per heavy atom. The molecule has 0 spiro atoms. The largest absolute Gasteiger partial charge is 0.459 e. The van der Waals surface area contributed by atoms with Crippen LogP contribution in [0.2, 0.25) is 0 Å². The van der Waals surface area contributed by atoms with Crippen LogP contribution in [-0.4, -0.2) is 6.04 Å². The van der Waals surface area contributed by atoms with E-state index in [1.165, 1.54) is 22.9 Å². The van der Waals surface area contributed by atoms with Gasteiger partial charge < -0.3 is 9.73 Å². The molecule has 0 bridgehead atoms. The maximum absolute atomic E-state index is 6.11. The normalized spacial score (nSPS) is 13.2. The topological polar surface area (TPSA) is 25.2 Å². The monoisotopic (exact) mass is 287 g/mol. The van der Waals surface area contributed by atoms with Crippen molar-refractivity contribution in [3.8, 4) is 0 Å². The van der Waals surface area contributed by atoms with Crippen LogP contribution in [-0.2, 0) is 13.0 Å². The summed E-state index contributed by atoms with van der Waals surface area (Å²) in [5.41, 5.74) is 3.85. The molecule has 0 radical (unpaired) electrons. The molecule has 1 aromatic heterocycles. The SMILES string of the molecule is CCCc1c(CNC(C)C)oc2ccc(C(C)CC)cc12. The molecule has 1 aromatic carbocycles. The van der Waals surface area contributed by atoms with Gasteiger partial charge in [0.25, 0.3) is 0 Å². The third-order valence-electron chi connectivity index (χ3n) is 4.25. The van der Waals surface area contributed by atoms with Crippen LogP contribution in [0.15, 0.2) is 22.6 Å². The summed E-state index contributed by atoms with van der Waals surface area (Å²) in [6.07, 6.45) is 3.41. The Morgan fingerprint density at radius 1 is 1.14 bits per heavy atom. The number of nitrogens with one attached hydrogen (secondary N) is 1. The Bertz CT molecular complexity index is 583. The highest BCUT2D eigenvalue weighted by Gasteiger charge is 2.15. The Labute approximate surface area is 128 Å². The molecular weight excluding hydrogens is 258 g/mol. The molecule has 0 saturated heterocycles. The molecule has 2 aromatic rings. The molecule has 0 aliphatic heterocycles. The van der Waals surface area contributed by atoms with Gasteiger partial charge in [-0.15, -0.1) is 0 Å².